The summed E-state index contributed by atoms with van der Waals surface area (Å²) in [5, 5.41) is 0. The SMILES string of the molecule is O=C1C[C@H](c2ccccc2)C(=O)N1C(c1ccccc1)c1ccccc1. The lowest BCUT2D eigenvalue weighted by atomic mass is 9.96. The van der Waals surface area contributed by atoms with Crippen molar-refractivity contribution in [3.05, 3.63) is 108 Å². The van der Waals surface area contributed by atoms with Crippen molar-refractivity contribution in [2.24, 2.45) is 0 Å². The van der Waals surface area contributed by atoms with Crippen LogP contribution in [0.4, 0.5) is 0 Å². The number of benzene rings is 3. The van der Waals surface area contributed by atoms with Gasteiger partial charge in [-0.05, 0) is 16.7 Å². The predicted octanol–water partition coefficient (Wildman–Crippen LogP) is 4.32. The number of carbonyl (C=O) groups excluding carboxylic acids is 2. The lowest BCUT2D eigenvalue weighted by molar-refractivity contribution is -0.140. The number of carbonyl (C=O) groups is 2. The molecule has 3 heteroatoms. The average Bonchev–Trinajstić information content (AvgIpc) is 2.99. The summed E-state index contributed by atoms with van der Waals surface area (Å²) < 4.78 is 0. The first-order valence-electron chi connectivity index (χ1n) is 8.76. The largest absolute Gasteiger partial charge is 0.274 e. The van der Waals surface area contributed by atoms with Crippen LogP contribution >= 0.6 is 0 Å². The summed E-state index contributed by atoms with van der Waals surface area (Å²) >= 11 is 0. The van der Waals surface area contributed by atoms with Crippen molar-refractivity contribution in [1.82, 2.24) is 4.90 Å². The van der Waals surface area contributed by atoms with Gasteiger partial charge in [0.25, 0.3) is 0 Å². The molecule has 0 unspecified atom stereocenters. The van der Waals surface area contributed by atoms with Crippen LogP contribution in [-0.4, -0.2) is 16.7 Å². The highest BCUT2D eigenvalue weighted by Crippen LogP contribution is 2.38. The van der Waals surface area contributed by atoms with Gasteiger partial charge in [0, 0.05) is 6.42 Å². The molecule has 0 radical (unpaired) electrons. The van der Waals surface area contributed by atoms with Gasteiger partial charge in [-0.1, -0.05) is 91.0 Å². The maximum atomic E-state index is 13.2. The van der Waals surface area contributed by atoms with Crippen molar-refractivity contribution in [2.45, 2.75) is 18.4 Å². The highest BCUT2D eigenvalue weighted by atomic mass is 16.2. The lowest BCUT2D eigenvalue weighted by Crippen LogP contribution is -2.35. The van der Waals surface area contributed by atoms with E-state index in [-0.39, 0.29) is 18.2 Å². The van der Waals surface area contributed by atoms with Gasteiger partial charge in [-0.15, -0.1) is 0 Å². The highest BCUT2D eigenvalue weighted by Gasteiger charge is 2.43. The first-order valence-corrected chi connectivity index (χ1v) is 8.76. The third kappa shape index (κ3) is 2.92. The molecule has 3 aromatic carbocycles. The Morgan fingerprint density at radius 2 is 1.15 bits per heavy atom. The molecule has 0 saturated carbocycles. The van der Waals surface area contributed by atoms with Crippen molar-refractivity contribution in [3.63, 3.8) is 0 Å². The predicted molar refractivity (Wildman–Crippen MR) is 100 cm³/mol. The number of hydrogen-bond donors (Lipinski definition) is 0. The second-order valence-corrected chi connectivity index (χ2v) is 6.49. The minimum Gasteiger partial charge on any atom is -0.274 e. The fourth-order valence-electron chi connectivity index (χ4n) is 3.63. The molecule has 2 amide bonds. The summed E-state index contributed by atoms with van der Waals surface area (Å²) in [6.45, 7) is 0. The van der Waals surface area contributed by atoms with Gasteiger partial charge in [0.15, 0.2) is 0 Å². The van der Waals surface area contributed by atoms with E-state index in [0.29, 0.717) is 0 Å². The molecule has 0 bridgehead atoms. The molecule has 3 nitrogen and oxygen atoms in total. The number of hydrogen-bond acceptors (Lipinski definition) is 2. The third-order valence-corrected chi connectivity index (χ3v) is 4.87. The van der Waals surface area contributed by atoms with E-state index in [2.05, 4.69) is 0 Å². The Bertz CT molecular complexity index is 867. The first kappa shape index (κ1) is 16.3. The van der Waals surface area contributed by atoms with E-state index in [1.54, 1.807) is 0 Å². The molecule has 128 valence electrons. The minimum atomic E-state index is -0.404. The molecule has 1 fully saturated rings. The van der Waals surface area contributed by atoms with Gasteiger partial charge >= 0.3 is 0 Å². The average molecular weight is 341 g/mol. The minimum absolute atomic E-state index is 0.124. The summed E-state index contributed by atoms with van der Waals surface area (Å²) in [5.41, 5.74) is 2.77. The third-order valence-electron chi connectivity index (χ3n) is 4.87. The van der Waals surface area contributed by atoms with Crippen LogP contribution in [0.3, 0.4) is 0 Å². The molecule has 1 aliphatic heterocycles. The van der Waals surface area contributed by atoms with Gasteiger partial charge in [-0.2, -0.15) is 0 Å². The van der Waals surface area contributed by atoms with Gasteiger partial charge in [0.2, 0.25) is 11.8 Å². The fourth-order valence-corrected chi connectivity index (χ4v) is 3.63. The Kier molecular flexibility index (Phi) is 4.36. The standard InChI is InChI=1S/C23H19NO2/c25-21-16-20(17-10-4-1-5-11-17)23(26)24(21)22(18-12-6-2-7-13-18)19-14-8-3-9-15-19/h1-15,20,22H,16H2/t20-/m1/s1. The van der Waals surface area contributed by atoms with Crippen LogP contribution in [0.5, 0.6) is 0 Å². The van der Waals surface area contributed by atoms with E-state index in [1.165, 1.54) is 4.90 Å². The van der Waals surface area contributed by atoms with Crippen LogP contribution in [0.15, 0.2) is 91.0 Å². The van der Waals surface area contributed by atoms with E-state index in [9.17, 15) is 9.59 Å². The van der Waals surface area contributed by atoms with Crippen molar-refractivity contribution >= 4 is 11.8 Å². The number of likely N-dealkylation sites (tertiary alicyclic amines) is 1. The second-order valence-electron chi connectivity index (χ2n) is 6.49. The van der Waals surface area contributed by atoms with E-state index >= 15 is 0 Å². The zero-order chi connectivity index (χ0) is 17.9. The maximum absolute atomic E-state index is 13.2. The molecule has 1 aliphatic rings. The van der Waals surface area contributed by atoms with E-state index in [4.69, 9.17) is 0 Å². The normalized spacial score (nSPS) is 17.1. The van der Waals surface area contributed by atoms with Gasteiger partial charge in [-0.3, -0.25) is 14.5 Å². The number of nitrogens with zero attached hydrogens (tertiary/aromatic N) is 1. The van der Waals surface area contributed by atoms with E-state index < -0.39 is 12.0 Å². The molecule has 1 saturated heterocycles. The molecular weight excluding hydrogens is 322 g/mol. The molecule has 26 heavy (non-hydrogen) atoms. The number of amides is 2. The van der Waals surface area contributed by atoms with E-state index in [0.717, 1.165) is 16.7 Å². The Labute approximate surface area is 152 Å². The summed E-state index contributed by atoms with van der Waals surface area (Å²) in [4.78, 5) is 27.5. The Balaban J connectivity index is 1.77. The monoisotopic (exact) mass is 341 g/mol. The Morgan fingerprint density at radius 3 is 1.65 bits per heavy atom. The van der Waals surface area contributed by atoms with Crippen molar-refractivity contribution in [3.8, 4) is 0 Å². The maximum Gasteiger partial charge on any atom is 0.238 e. The Morgan fingerprint density at radius 1 is 0.692 bits per heavy atom. The van der Waals surface area contributed by atoms with Crippen molar-refractivity contribution in [2.75, 3.05) is 0 Å². The van der Waals surface area contributed by atoms with Gasteiger partial charge in [-0.25, -0.2) is 0 Å². The molecule has 0 spiro atoms. The molecule has 0 N–H and O–H groups in total. The van der Waals surface area contributed by atoms with E-state index in [1.807, 2.05) is 91.0 Å². The fraction of sp³-hybridized carbons (Fsp3) is 0.130. The van der Waals surface area contributed by atoms with Crippen LogP contribution in [0, 0.1) is 0 Å². The highest BCUT2D eigenvalue weighted by molar-refractivity contribution is 6.06. The Hall–Kier alpha value is -3.20. The van der Waals surface area contributed by atoms with Crippen molar-refractivity contribution < 1.29 is 9.59 Å². The van der Waals surface area contributed by atoms with Crippen LogP contribution in [0.2, 0.25) is 0 Å². The van der Waals surface area contributed by atoms with Gasteiger partial charge < -0.3 is 0 Å². The molecular formula is C23H19NO2. The van der Waals surface area contributed by atoms with Gasteiger partial charge in [0.1, 0.15) is 0 Å². The van der Waals surface area contributed by atoms with Crippen LogP contribution < -0.4 is 0 Å². The summed E-state index contributed by atoms with van der Waals surface area (Å²) in [5.74, 6) is -0.654. The van der Waals surface area contributed by atoms with Crippen LogP contribution in [0.1, 0.15) is 35.1 Å². The quantitative estimate of drug-likeness (QED) is 0.663. The van der Waals surface area contributed by atoms with Crippen LogP contribution in [0.25, 0.3) is 0 Å². The molecule has 0 aliphatic carbocycles. The molecule has 4 rings (SSSR count). The summed E-state index contributed by atoms with van der Waals surface area (Å²) in [6, 6.07) is 28.6. The first-order chi connectivity index (χ1) is 12.8. The molecule has 1 atom stereocenters. The molecule has 3 aromatic rings. The van der Waals surface area contributed by atoms with Crippen LogP contribution in [-0.2, 0) is 9.59 Å². The summed E-state index contributed by atoms with van der Waals surface area (Å²) in [7, 11) is 0. The van der Waals surface area contributed by atoms with Gasteiger partial charge in [0.05, 0.1) is 12.0 Å². The zero-order valence-corrected chi connectivity index (χ0v) is 14.3. The molecule has 1 heterocycles. The summed E-state index contributed by atoms with van der Waals surface area (Å²) in [6.07, 6.45) is 0.221. The zero-order valence-electron chi connectivity index (χ0n) is 14.3. The topological polar surface area (TPSA) is 37.4 Å². The number of imide groups is 1. The number of rotatable bonds is 4. The van der Waals surface area contributed by atoms with Crippen molar-refractivity contribution in [1.29, 1.82) is 0 Å². The smallest absolute Gasteiger partial charge is 0.238 e. The lowest BCUT2D eigenvalue weighted by Gasteiger charge is -2.27. The molecule has 0 aromatic heterocycles. The second kappa shape index (κ2) is 6.96.